The van der Waals surface area contributed by atoms with E-state index in [0.717, 1.165) is 33.8 Å². The van der Waals surface area contributed by atoms with Crippen LogP contribution in [0.1, 0.15) is 47.4 Å². The zero-order chi connectivity index (χ0) is 27.4. The zero-order valence-corrected chi connectivity index (χ0v) is 22.4. The van der Waals surface area contributed by atoms with Crippen LogP contribution in [0.15, 0.2) is 72.8 Å². The molecule has 0 radical (unpaired) electrons. The van der Waals surface area contributed by atoms with Gasteiger partial charge in [0, 0.05) is 11.1 Å². The van der Waals surface area contributed by atoms with Crippen molar-refractivity contribution in [3.8, 4) is 0 Å². The molecule has 2 aromatic heterocycles. The van der Waals surface area contributed by atoms with Gasteiger partial charge in [-0.15, -0.1) is 20.4 Å². The lowest BCUT2D eigenvalue weighted by molar-refractivity contribution is 0.101. The molecule has 0 saturated carbocycles. The Morgan fingerprint density at radius 1 is 0.718 bits per heavy atom. The van der Waals surface area contributed by atoms with E-state index in [2.05, 4.69) is 31.0 Å². The monoisotopic (exact) mass is 556 g/mol. The number of rotatable bonds is 7. The minimum absolute atomic E-state index is 0.290. The Hall–Kier alpha value is -4.61. The summed E-state index contributed by atoms with van der Waals surface area (Å²) in [6.45, 7) is 3.88. The summed E-state index contributed by atoms with van der Waals surface area (Å²) in [6.07, 6.45) is 1.71. The van der Waals surface area contributed by atoms with Gasteiger partial charge in [-0.3, -0.25) is 20.2 Å². The van der Waals surface area contributed by atoms with E-state index in [1.165, 1.54) is 12.1 Å². The van der Waals surface area contributed by atoms with E-state index in [9.17, 15) is 14.0 Å². The highest BCUT2D eigenvalue weighted by Gasteiger charge is 2.19. The molecular weight excluding hydrogens is 535 g/mol. The Balaban J connectivity index is 1.42. The highest BCUT2D eigenvalue weighted by Crippen LogP contribution is 2.33. The third-order valence-electron chi connectivity index (χ3n) is 5.54. The van der Waals surface area contributed by atoms with Crippen molar-refractivity contribution in [2.24, 2.45) is 0 Å². The number of amides is 2. The van der Waals surface area contributed by atoms with Crippen LogP contribution >= 0.6 is 22.7 Å². The van der Waals surface area contributed by atoms with Crippen LogP contribution < -0.4 is 10.6 Å². The highest BCUT2D eigenvalue weighted by molar-refractivity contribution is 7.19. The average Bonchev–Trinajstić information content (AvgIpc) is 3.58. The Kier molecular flexibility index (Phi) is 7.62. The second-order valence-electron chi connectivity index (χ2n) is 8.58. The van der Waals surface area contributed by atoms with E-state index < -0.39 is 5.82 Å². The molecule has 0 aliphatic rings. The number of nitrogens with one attached hydrogen (secondary N) is 2. The topological polar surface area (TPSA) is 110 Å². The van der Waals surface area contributed by atoms with Crippen LogP contribution in [0, 0.1) is 19.7 Å². The number of nitrogens with zero attached hydrogens (tertiary/aromatic N) is 4. The number of aromatic nitrogens is 4. The predicted molar refractivity (Wildman–Crippen MR) is 151 cm³/mol. The van der Waals surface area contributed by atoms with E-state index in [-0.39, 0.29) is 22.1 Å². The van der Waals surface area contributed by atoms with E-state index in [1.807, 2.05) is 38.1 Å². The van der Waals surface area contributed by atoms with Gasteiger partial charge in [0.2, 0.25) is 10.3 Å². The molecule has 0 spiro atoms. The Bertz CT molecular complexity index is 1580. The number of hydrogen-bond acceptors (Lipinski definition) is 8. The maximum Gasteiger partial charge on any atom is 0.257 e. The molecule has 0 aliphatic heterocycles. The van der Waals surface area contributed by atoms with Crippen molar-refractivity contribution in [2.45, 2.75) is 13.8 Å². The summed E-state index contributed by atoms with van der Waals surface area (Å²) >= 11 is 2.28. The molecule has 0 fully saturated rings. The van der Waals surface area contributed by atoms with Crippen LogP contribution in [0.2, 0.25) is 0 Å². The molecule has 0 saturated heterocycles. The van der Waals surface area contributed by atoms with Crippen molar-refractivity contribution >= 4 is 56.4 Å². The van der Waals surface area contributed by atoms with Crippen molar-refractivity contribution in [3.05, 3.63) is 116 Å². The molecule has 2 heterocycles. The summed E-state index contributed by atoms with van der Waals surface area (Å²) < 4.78 is 13.9. The predicted octanol–water partition coefficient (Wildman–Crippen LogP) is 6.24. The molecule has 8 nitrogen and oxygen atoms in total. The van der Waals surface area contributed by atoms with Gasteiger partial charge in [0.1, 0.15) is 5.82 Å². The molecule has 0 unspecified atom stereocenters. The molecule has 5 rings (SSSR count). The molecule has 0 aliphatic carbocycles. The summed E-state index contributed by atoms with van der Waals surface area (Å²) in [5.41, 5.74) is 4.16. The van der Waals surface area contributed by atoms with Gasteiger partial charge in [-0.05, 0) is 61.9 Å². The van der Waals surface area contributed by atoms with Crippen molar-refractivity contribution in [3.63, 3.8) is 0 Å². The standard InChI is InChI=1S/C28H21FN6O2S2/c1-16-6-10-19(11-7-16)23(36)30-27-34-32-25(38-27)22(15-18-4-3-5-21(29)14-18)26-33-35-28(39-26)31-24(37)20-12-8-17(2)9-13-20/h3-15H,1-2H3,(H,30,34,36)(H,31,35,37). The van der Waals surface area contributed by atoms with Gasteiger partial charge < -0.3 is 0 Å². The number of hydrogen-bond donors (Lipinski definition) is 2. The highest BCUT2D eigenvalue weighted by atomic mass is 32.1. The molecular formula is C28H21FN6O2S2. The molecule has 11 heteroatoms. The number of carbonyl (C=O) groups excluding carboxylic acids is 2. The number of aryl methyl sites for hydroxylation is 2. The van der Waals surface area contributed by atoms with Crippen molar-refractivity contribution in [1.29, 1.82) is 0 Å². The first-order valence-corrected chi connectivity index (χ1v) is 13.4. The first-order valence-electron chi connectivity index (χ1n) is 11.7. The van der Waals surface area contributed by atoms with Gasteiger partial charge in [-0.1, -0.05) is 70.2 Å². The van der Waals surface area contributed by atoms with Crippen molar-refractivity contribution in [1.82, 2.24) is 20.4 Å². The fourth-order valence-electron chi connectivity index (χ4n) is 3.49. The van der Waals surface area contributed by atoms with Gasteiger partial charge in [0.15, 0.2) is 10.0 Å². The second-order valence-corrected chi connectivity index (χ2v) is 10.5. The summed E-state index contributed by atoms with van der Waals surface area (Å²) in [4.78, 5) is 25.3. The maximum absolute atomic E-state index is 13.9. The number of halogens is 1. The smallest absolute Gasteiger partial charge is 0.257 e. The molecule has 194 valence electrons. The largest absolute Gasteiger partial charge is 0.296 e. The molecule has 3 aromatic carbocycles. The fraction of sp³-hybridized carbons (Fsp3) is 0.0714. The third kappa shape index (κ3) is 6.46. The van der Waals surface area contributed by atoms with E-state index in [0.29, 0.717) is 32.3 Å². The van der Waals surface area contributed by atoms with Crippen LogP contribution in [0.5, 0.6) is 0 Å². The summed E-state index contributed by atoms with van der Waals surface area (Å²) in [7, 11) is 0. The lowest BCUT2D eigenvalue weighted by Gasteiger charge is -2.02. The fourth-order valence-corrected chi connectivity index (χ4v) is 5.07. The van der Waals surface area contributed by atoms with Gasteiger partial charge in [0.25, 0.3) is 11.8 Å². The minimum atomic E-state index is -0.394. The first-order chi connectivity index (χ1) is 18.8. The van der Waals surface area contributed by atoms with Gasteiger partial charge in [0.05, 0.1) is 5.57 Å². The van der Waals surface area contributed by atoms with Crippen molar-refractivity contribution in [2.75, 3.05) is 10.6 Å². The van der Waals surface area contributed by atoms with E-state index >= 15 is 0 Å². The van der Waals surface area contributed by atoms with Gasteiger partial charge in [-0.25, -0.2) is 4.39 Å². The first kappa shape index (κ1) is 26.0. The SMILES string of the molecule is Cc1ccc(C(=O)Nc2nnc(C(=Cc3cccc(F)c3)c3nnc(NC(=O)c4ccc(C)cc4)s3)s2)cc1. The molecule has 0 bridgehead atoms. The van der Waals surface area contributed by atoms with Gasteiger partial charge in [-0.2, -0.15) is 0 Å². The molecule has 2 N–H and O–H groups in total. The van der Waals surface area contributed by atoms with Crippen LogP contribution in [0.25, 0.3) is 11.6 Å². The second kappa shape index (κ2) is 11.4. The van der Waals surface area contributed by atoms with Crippen LogP contribution in [-0.2, 0) is 0 Å². The maximum atomic E-state index is 13.9. The lowest BCUT2D eigenvalue weighted by atomic mass is 10.1. The number of anilines is 2. The van der Waals surface area contributed by atoms with E-state index in [4.69, 9.17) is 0 Å². The van der Waals surface area contributed by atoms with Crippen LogP contribution in [0.3, 0.4) is 0 Å². The van der Waals surface area contributed by atoms with E-state index in [1.54, 1.807) is 42.5 Å². The minimum Gasteiger partial charge on any atom is -0.296 e. The number of benzene rings is 3. The van der Waals surface area contributed by atoms with Crippen LogP contribution in [0.4, 0.5) is 14.7 Å². The lowest BCUT2D eigenvalue weighted by Crippen LogP contribution is -2.11. The normalized spacial score (nSPS) is 10.6. The summed E-state index contributed by atoms with van der Waals surface area (Å²) in [5, 5.41) is 23.7. The third-order valence-corrected chi connectivity index (χ3v) is 7.28. The quantitative estimate of drug-likeness (QED) is 0.246. The Morgan fingerprint density at radius 3 is 1.67 bits per heavy atom. The Morgan fingerprint density at radius 2 is 1.21 bits per heavy atom. The molecule has 2 amide bonds. The van der Waals surface area contributed by atoms with Crippen molar-refractivity contribution < 1.29 is 14.0 Å². The summed E-state index contributed by atoms with van der Waals surface area (Å²) in [6, 6.07) is 20.4. The summed E-state index contributed by atoms with van der Waals surface area (Å²) in [5.74, 6) is -1.02. The molecule has 0 atom stereocenters. The van der Waals surface area contributed by atoms with Crippen LogP contribution in [-0.4, -0.2) is 32.2 Å². The molecule has 5 aromatic rings. The molecule has 39 heavy (non-hydrogen) atoms. The Labute approximate surface area is 231 Å². The zero-order valence-electron chi connectivity index (χ0n) is 20.8. The number of carbonyl (C=O) groups is 2. The average molecular weight is 557 g/mol. The van der Waals surface area contributed by atoms with Gasteiger partial charge >= 0.3 is 0 Å².